The van der Waals surface area contributed by atoms with Crippen LogP contribution in [0.4, 0.5) is 5.95 Å². The first-order chi connectivity index (χ1) is 17.1. The molecule has 0 amide bonds. The maximum atomic E-state index is 6.79. The van der Waals surface area contributed by atoms with Gasteiger partial charge in [-0.25, -0.2) is 4.98 Å². The summed E-state index contributed by atoms with van der Waals surface area (Å²) in [5, 5.41) is 1.99. The van der Waals surface area contributed by atoms with Crippen LogP contribution in [0.2, 0.25) is 10.0 Å². The summed E-state index contributed by atoms with van der Waals surface area (Å²) in [6, 6.07) is 14.4. The molecule has 6 nitrogen and oxygen atoms in total. The Morgan fingerprint density at radius 1 is 1.03 bits per heavy atom. The first-order valence-corrected chi connectivity index (χ1v) is 12.7. The Kier molecular flexibility index (Phi) is 4.68. The minimum absolute atomic E-state index is 0.0953. The molecule has 2 aromatic carbocycles. The van der Waals surface area contributed by atoms with Gasteiger partial charge in [0.05, 0.1) is 15.4 Å². The van der Waals surface area contributed by atoms with Gasteiger partial charge < -0.3 is 15.6 Å². The van der Waals surface area contributed by atoms with E-state index in [9.17, 15) is 0 Å². The fourth-order valence-electron chi connectivity index (χ4n) is 6.14. The van der Waals surface area contributed by atoms with Gasteiger partial charge in [0, 0.05) is 48.8 Å². The number of hydrogen-bond acceptors (Lipinski definition) is 4. The molecule has 3 aromatic heterocycles. The number of benzene rings is 2. The van der Waals surface area contributed by atoms with Crippen molar-refractivity contribution < 1.29 is 0 Å². The van der Waals surface area contributed by atoms with Crippen molar-refractivity contribution in [1.29, 1.82) is 0 Å². The van der Waals surface area contributed by atoms with Gasteiger partial charge >= 0.3 is 0 Å². The summed E-state index contributed by atoms with van der Waals surface area (Å²) >= 11 is 12.9. The molecular formula is C27H24Cl2N6. The van der Waals surface area contributed by atoms with Gasteiger partial charge in [-0.05, 0) is 41.9 Å². The Labute approximate surface area is 212 Å². The van der Waals surface area contributed by atoms with Crippen molar-refractivity contribution in [3.8, 4) is 11.1 Å². The third-order valence-electron chi connectivity index (χ3n) is 8.03. The molecule has 3 N–H and O–H groups in total. The average Bonchev–Trinajstić information content (AvgIpc) is 3.58. The van der Waals surface area contributed by atoms with Gasteiger partial charge in [-0.3, -0.25) is 4.40 Å². The number of nitrogens with two attached hydrogens (primary N) is 1. The van der Waals surface area contributed by atoms with E-state index >= 15 is 0 Å². The number of imidazole rings is 1. The molecule has 4 heterocycles. The Balaban J connectivity index is 1.26. The molecule has 0 radical (unpaired) electrons. The maximum absolute atomic E-state index is 6.79. The van der Waals surface area contributed by atoms with Crippen molar-refractivity contribution >= 4 is 45.8 Å². The molecule has 7 rings (SSSR count). The average molecular weight is 503 g/mol. The number of nitrogens with zero attached hydrogens (tertiary/aromatic N) is 4. The highest BCUT2D eigenvalue weighted by Gasteiger charge is 2.46. The number of halogens is 2. The minimum Gasteiger partial charge on any atom is -0.345 e. The zero-order valence-corrected chi connectivity index (χ0v) is 20.5. The lowest BCUT2D eigenvalue weighted by Gasteiger charge is -2.42. The van der Waals surface area contributed by atoms with Crippen molar-refractivity contribution in [3.05, 3.63) is 82.2 Å². The zero-order valence-electron chi connectivity index (χ0n) is 19.0. The number of fused-ring (bicyclic) bond motifs is 4. The molecule has 0 unspecified atom stereocenters. The van der Waals surface area contributed by atoms with Crippen LogP contribution in [-0.2, 0) is 6.42 Å². The lowest BCUT2D eigenvalue weighted by Crippen LogP contribution is -2.45. The second-order valence-electron chi connectivity index (χ2n) is 9.76. The monoisotopic (exact) mass is 502 g/mol. The standard InChI is InChI=1S/C27H24Cl2N6/c28-20-7-3-6-18(22(20)29)19-15-32-24-21(19)25-31-10-13-35(25)26(33-24)34-11-8-27(9-12-34)14-16-4-1-2-5-17(16)23(27)30/h1-7,10,13,15,23,32H,8-9,11-12,14,30H2/t23-/m1/s1. The molecule has 1 atom stereocenters. The first kappa shape index (κ1) is 21.2. The van der Waals surface area contributed by atoms with E-state index in [1.807, 2.05) is 30.7 Å². The lowest BCUT2D eigenvalue weighted by molar-refractivity contribution is 0.187. The summed E-state index contributed by atoms with van der Waals surface area (Å²) in [6.45, 7) is 1.81. The molecule has 5 aromatic rings. The van der Waals surface area contributed by atoms with E-state index in [-0.39, 0.29) is 11.5 Å². The molecule has 0 saturated carbocycles. The molecule has 1 spiro atoms. The topological polar surface area (TPSA) is 75.2 Å². The number of aromatic nitrogens is 4. The van der Waals surface area contributed by atoms with Crippen LogP contribution in [0.5, 0.6) is 0 Å². The normalized spacial score (nSPS) is 19.2. The molecule has 1 aliphatic carbocycles. The van der Waals surface area contributed by atoms with E-state index in [4.69, 9.17) is 38.9 Å². The van der Waals surface area contributed by atoms with Crippen molar-refractivity contribution in [1.82, 2.24) is 19.4 Å². The maximum Gasteiger partial charge on any atom is 0.213 e. The fourth-order valence-corrected chi connectivity index (χ4v) is 6.54. The van der Waals surface area contributed by atoms with Crippen LogP contribution in [0, 0.1) is 5.41 Å². The predicted octanol–water partition coefficient (Wildman–Crippen LogP) is 6.03. The van der Waals surface area contributed by atoms with Gasteiger partial charge in [0.25, 0.3) is 0 Å². The van der Waals surface area contributed by atoms with E-state index in [1.54, 1.807) is 6.07 Å². The van der Waals surface area contributed by atoms with Crippen LogP contribution in [0.25, 0.3) is 27.8 Å². The van der Waals surface area contributed by atoms with Crippen LogP contribution < -0.4 is 10.6 Å². The minimum atomic E-state index is 0.0953. The van der Waals surface area contributed by atoms with Crippen LogP contribution in [-0.4, -0.2) is 32.4 Å². The Morgan fingerprint density at radius 3 is 2.69 bits per heavy atom. The van der Waals surface area contributed by atoms with E-state index in [0.717, 1.165) is 66.1 Å². The third-order valence-corrected chi connectivity index (χ3v) is 8.85. The first-order valence-electron chi connectivity index (χ1n) is 11.9. The number of H-pyrrole nitrogens is 1. The molecule has 1 saturated heterocycles. The smallest absolute Gasteiger partial charge is 0.213 e. The SMILES string of the molecule is N[C@@H]1c2ccccc2CC12CCN(c1nc3[nH]cc(-c4cccc(Cl)c4Cl)c3c3nccn13)CC2. The van der Waals surface area contributed by atoms with Gasteiger partial charge in [0.15, 0.2) is 5.65 Å². The predicted molar refractivity (Wildman–Crippen MR) is 141 cm³/mol. The largest absolute Gasteiger partial charge is 0.345 e. The molecule has 2 aliphatic rings. The number of anilines is 1. The Morgan fingerprint density at radius 2 is 1.86 bits per heavy atom. The Bertz CT molecular complexity index is 1590. The van der Waals surface area contributed by atoms with E-state index in [0.29, 0.717) is 10.0 Å². The van der Waals surface area contributed by atoms with Gasteiger partial charge in [0.2, 0.25) is 5.95 Å². The summed E-state index contributed by atoms with van der Waals surface area (Å²) in [4.78, 5) is 15.5. The van der Waals surface area contributed by atoms with Gasteiger partial charge in [-0.15, -0.1) is 0 Å². The van der Waals surface area contributed by atoms with Gasteiger partial charge in [0.1, 0.15) is 5.65 Å². The van der Waals surface area contributed by atoms with E-state index in [1.165, 1.54) is 11.1 Å². The number of piperidine rings is 1. The molecule has 0 bridgehead atoms. The van der Waals surface area contributed by atoms with Crippen molar-refractivity contribution in [2.75, 3.05) is 18.0 Å². The molecule has 1 fully saturated rings. The van der Waals surface area contributed by atoms with Crippen molar-refractivity contribution in [2.45, 2.75) is 25.3 Å². The summed E-state index contributed by atoms with van der Waals surface area (Å²) in [6.07, 6.45) is 8.87. The van der Waals surface area contributed by atoms with Crippen LogP contribution in [0.1, 0.15) is 30.0 Å². The quantitative estimate of drug-likeness (QED) is 0.309. The fraction of sp³-hybridized carbons (Fsp3) is 0.259. The molecular weight excluding hydrogens is 479 g/mol. The number of hydrogen-bond donors (Lipinski definition) is 2. The molecule has 8 heteroatoms. The van der Waals surface area contributed by atoms with Gasteiger partial charge in [-0.1, -0.05) is 59.6 Å². The summed E-state index contributed by atoms with van der Waals surface area (Å²) in [5.41, 5.74) is 13.1. The number of aromatic amines is 1. The van der Waals surface area contributed by atoms with E-state index < -0.39 is 0 Å². The third kappa shape index (κ3) is 3.07. The van der Waals surface area contributed by atoms with Gasteiger partial charge in [-0.2, -0.15) is 4.98 Å². The summed E-state index contributed by atoms with van der Waals surface area (Å²) < 4.78 is 2.08. The van der Waals surface area contributed by atoms with Crippen LogP contribution in [0.3, 0.4) is 0 Å². The van der Waals surface area contributed by atoms with Crippen molar-refractivity contribution in [3.63, 3.8) is 0 Å². The molecule has 1 aliphatic heterocycles. The summed E-state index contributed by atoms with van der Waals surface area (Å²) in [5.74, 6) is 0.898. The number of nitrogens with one attached hydrogen (secondary N) is 1. The molecule has 176 valence electrons. The zero-order chi connectivity index (χ0) is 23.7. The summed E-state index contributed by atoms with van der Waals surface area (Å²) in [7, 11) is 0. The Hall–Kier alpha value is -3.06. The van der Waals surface area contributed by atoms with Crippen LogP contribution >= 0.6 is 23.2 Å². The number of rotatable bonds is 2. The van der Waals surface area contributed by atoms with Crippen LogP contribution in [0.15, 0.2) is 61.1 Å². The lowest BCUT2D eigenvalue weighted by atomic mass is 9.73. The highest BCUT2D eigenvalue weighted by atomic mass is 35.5. The highest BCUT2D eigenvalue weighted by Crippen LogP contribution is 2.51. The highest BCUT2D eigenvalue weighted by molar-refractivity contribution is 6.44. The van der Waals surface area contributed by atoms with E-state index in [2.05, 4.69) is 38.6 Å². The van der Waals surface area contributed by atoms with Crippen molar-refractivity contribution in [2.24, 2.45) is 11.1 Å². The molecule has 35 heavy (non-hydrogen) atoms. The second-order valence-corrected chi connectivity index (χ2v) is 10.5. The second kappa shape index (κ2) is 7.72.